The van der Waals surface area contributed by atoms with Crippen LogP contribution in [0.1, 0.15) is 80.0 Å². The van der Waals surface area contributed by atoms with Crippen molar-refractivity contribution in [3.8, 4) is 11.4 Å². The molecule has 7 rings (SSSR count). The number of amides is 1. The molecule has 48 heavy (non-hydrogen) atoms. The molecule has 4 atom stereocenters. The molecule has 0 radical (unpaired) electrons. The van der Waals surface area contributed by atoms with E-state index in [9.17, 15) is 24.3 Å². The van der Waals surface area contributed by atoms with Gasteiger partial charge in [0.1, 0.15) is 18.5 Å². The number of rotatable bonds is 5. The lowest BCUT2D eigenvalue weighted by Gasteiger charge is -2.31. The van der Waals surface area contributed by atoms with Crippen LogP contribution in [-0.4, -0.2) is 56.4 Å². The summed E-state index contributed by atoms with van der Waals surface area (Å²) in [6.45, 7) is 9.33. The van der Waals surface area contributed by atoms with E-state index in [0.29, 0.717) is 47.5 Å². The van der Waals surface area contributed by atoms with Crippen LogP contribution in [0.3, 0.4) is 0 Å². The lowest BCUT2D eigenvalue weighted by atomic mass is 9.81. The minimum Gasteiger partial charge on any atom is -0.458 e. The summed E-state index contributed by atoms with van der Waals surface area (Å²) in [5.41, 5.74) is 1.40. The maximum Gasteiger partial charge on any atom is 0.408 e. The summed E-state index contributed by atoms with van der Waals surface area (Å²) < 4.78 is 33.4. The fraction of sp³-hybridized carbons (Fsp3) is 0.500. The average Bonchev–Trinajstić information content (AvgIpc) is 3.64. The third-order valence-corrected chi connectivity index (χ3v) is 12.8. The molecule has 4 aliphatic rings. The number of carbonyl (C=O) groups excluding carboxylic acids is 3. The number of fused-ring (bicyclic) bond motifs is 5. The van der Waals surface area contributed by atoms with Crippen LogP contribution in [-0.2, 0) is 49.0 Å². The van der Waals surface area contributed by atoms with E-state index in [1.807, 2.05) is 20.8 Å². The van der Waals surface area contributed by atoms with Gasteiger partial charge in [0, 0.05) is 28.0 Å². The number of halogens is 1. The first-order valence-corrected chi connectivity index (χ1v) is 18.2. The fourth-order valence-corrected chi connectivity index (χ4v) is 9.75. The van der Waals surface area contributed by atoms with Crippen LogP contribution in [0, 0.1) is 18.2 Å². The van der Waals surface area contributed by atoms with Crippen molar-refractivity contribution in [3.63, 3.8) is 0 Å². The summed E-state index contributed by atoms with van der Waals surface area (Å²) in [6, 6.07) is 2.44. The minimum atomic E-state index is -1.99. The number of cyclic esters (lactones) is 1. The van der Waals surface area contributed by atoms with Gasteiger partial charge in [-0.15, -0.1) is 0 Å². The number of nitrogens with one attached hydrogen (secondary N) is 1. The Morgan fingerprint density at radius 3 is 2.71 bits per heavy atom. The normalized spacial score (nSPS) is 24.1. The Morgan fingerprint density at radius 2 is 1.98 bits per heavy atom. The summed E-state index contributed by atoms with van der Waals surface area (Å²) in [4.78, 5) is 57.3. The number of aromatic nitrogens is 2. The van der Waals surface area contributed by atoms with E-state index in [2.05, 4.69) is 5.32 Å². The van der Waals surface area contributed by atoms with Crippen molar-refractivity contribution in [3.05, 3.63) is 61.7 Å². The fourth-order valence-electron chi connectivity index (χ4n) is 6.96. The number of ether oxygens (including phenoxy) is 3. The topological polar surface area (TPSA) is 146 Å². The standard InChI is InChI=1S/C34H36FN3O8S2/c1-6-34(43)19-9-23-28-17(11-38(23)29(39)18(19)12-45-30(34)40)27-21(8-7-16-15(2)20(35)10-22(36-28)26(16)27)37-32(42)46-24-13-44-14-25(24)47-48-31(41)33(3,4)5/h9-10,21,24-25,43H,6-8,11-14H2,1-5H3,(H,37,42)/t21-,24+,25+,34-/m0/s1. The number of esters is 1. The predicted molar refractivity (Wildman–Crippen MR) is 178 cm³/mol. The number of pyridine rings is 2. The minimum absolute atomic E-state index is 0.00389. The number of aryl methyl sites for hydroxylation is 1. The summed E-state index contributed by atoms with van der Waals surface area (Å²) >= 11 is 0. The first-order valence-electron chi connectivity index (χ1n) is 16.0. The maximum atomic E-state index is 15.2. The van der Waals surface area contributed by atoms with Crippen molar-refractivity contribution in [1.29, 1.82) is 0 Å². The number of alkyl carbamates (subject to hydrolysis) is 1. The molecule has 254 valence electrons. The molecule has 14 heteroatoms. The highest BCUT2D eigenvalue weighted by Crippen LogP contribution is 2.46. The maximum absolute atomic E-state index is 15.2. The molecular formula is C34H36FN3O8S2. The molecule has 5 heterocycles. The predicted octanol–water partition coefficient (Wildman–Crippen LogP) is 4.96. The molecule has 0 saturated carbocycles. The Balaban J connectivity index is 1.25. The summed E-state index contributed by atoms with van der Waals surface area (Å²) in [5.74, 6) is -1.22. The van der Waals surface area contributed by atoms with Crippen molar-refractivity contribution in [1.82, 2.24) is 14.9 Å². The van der Waals surface area contributed by atoms with Gasteiger partial charge in [0.25, 0.3) is 5.56 Å². The summed E-state index contributed by atoms with van der Waals surface area (Å²) in [7, 11) is 2.48. The lowest BCUT2D eigenvalue weighted by Crippen LogP contribution is -2.44. The number of hydrogen-bond acceptors (Lipinski definition) is 11. The molecular weight excluding hydrogens is 662 g/mol. The van der Waals surface area contributed by atoms with Crippen LogP contribution >= 0.6 is 21.6 Å². The molecule has 1 aliphatic carbocycles. The van der Waals surface area contributed by atoms with Crippen LogP contribution in [0.5, 0.6) is 0 Å². The zero-order chi connectivity index (χ0) is 34.3. The van der Waals surface area contributed by atoms with Crippen LogP contribution < -0.4 is 10.9 Å². The van der Waals surface area contributed by atoms with Crippen LogP contribution in [0.15, 0.2) is 16.9 Å². The number of hydrogen-bond donors (Lipinski definition) is 2. The van der Waals surface area contributed by atoms with Gasteiger partial charge in [-0.25, -0.2) is 19.0 Å². The molecule has 2 N–H and O–H groups in total. The molecule has 3 aliphatic heterocycles. The molecule has 1 saturated heterocycles. The van der Waals surface area contributed by atoms with Gasteiger partial charge in [-0.3, -0.25) is 9.59 Å². The van der Waals surface area contributed by atoms with Crippen molar-refractivity contribution in [2.45, 2.75) is 90.0 Å². The summed E-state index contributed by atoms with van der Waals surface area (Å²) in [5, 5.41) is 14.8. The van der Waals surface area contributed by atoms with E-state index < -0.39 is 46.6 Å². The molecule has 1 amide bonds. The molecule has 1 aromatic carbocycles. The Morgan fingerprint density at radius 1 is 1.21 bits per heavy atom. The van der Waals surface area contributed by atoms with Crippen LogP contribution in [0.4, 0.5) is 9.18 Å². The van der Waals surface area contributed by atoms with Gasteiger partial charge >= 0.3 is 12.1 Å². The van der Waals surface area contributed by atoms with E-state index in [-0.39, 0.29) is 47.7 Å². The molecule has 11 nitrogen and oxygen atoms in total. The van der Waals surface area contributed by atoms with Crippen LogP contribution in [0.2, 0.25) is 0 Å². The molecule has 2 aromatic heterocycles. The van der Waals surface area contributed by atoms with E-state index in [0.717, 1.165) is 27.3 Å². The molecule has 0 unspecified atom stereocenters. The molecule has 3 aromatic rings. The monoisotopic (exact) mass is 697 g/mol. The van der Waals surface area contributed by atoms with E-state index in [1.165, 1.54) is 21.4 Å². The van der Waals surface area contributed by atoms with Gasteiger partial charge in [-0.1, -0.05) is 38.5 Å². The zero-order valence-corrected chi connectivity index (χ0v) is 28.9. The Bertz CT molecular complexity index is 1970. The Kier molecular flexibility index (Phi) is 8.16. The first-order chi connectivity index (χ1) is 22.7. The smallest absolute Gasteiger partial charge is 0.408 e. The second kappa shape index (κ2) is 11.9. The highest BCUT2D eigenvalue weighted by atomic mass is 33.1. The second-order valence-corrected chi connectivity index (χ2v) is 16.2. The van der Waals surface area contributed by atoms with Gasteiger partial charge < -0.3 is 29.2 Å². The molecule has 0 bridgehead atoms. The van der Waals surface area contributed by atoms with E-state index >= 15 is 4.39 Å². The quantitative estimate of drug-likeness (QED) is 0.216. The summed E-state index contributed by atoms with van der Waals surface area (Å²) in [6.07, 6.45) is -0.279. The van der Waals surface area contributed by atoms with Gasteiger partial charge in [-0.05, 0) is 59.7 Å². The lowest BCUT2D eigenvalue weighted by molar-refractivity contribution is -0.172. The van der Waals surface area contributed by atoms with Gasteiger partial charge in [0.05, 0.1) is 53.5 Å². The van der Waals surface area contributed by atoms with Gasteiger partial charge in [0.2, 0.25) is 5.12 Å². The average molecular weight is 698 g/mol. The highest BCUT2D eigenvalue weighted by molar-refractivity contribution is 8.82. The molecule has 0 spiro atoms. The van der Waals surface area contributed by atoms with Crippen LogP contribution in [0.25, 0.3) is 22.3 Å². The number of benzene rings is 1. The third kappa shape index (κ3) is 5.22. The Labute approximate surface area is 283 Å². The third-order valence-electron chi connectivity index (χ3n) is 9.77. The van der Waals surface area contributed by atoms with E-state index in [1.54, 1.807) is 19.9 Å². The second-order valence-electron chi connectivity index (χ2n) is 13.8. The number of nitrogens with zero attached hydrogens (tertiary/aromatic N) is 2. The molecule has 1 fully saturated rings. The van der Waals surface area contributed by atoms with Gasteiger partial charge in [-0.2, -0.15) is 0 Å². The SMILES string of the molecule is CC[C@@]1(O)C(=O)OCc2c1cc1n(c2=O)Cc2c-1nc1cc(F)c(C)c3c1c2[C@@H](NC(=O)O[C@@H]1COC[C@H]1SSC(=O)C(C)(C)C)CC3. The number of aliphatic hydroxyl groups is 1. The highest BCUT2D eigenvalue weighted by Gasteiger charge is 2.46. The van der Waals surface area contributed by atoms with Crippen molar-refractivity contribution < 1.29 is 38.1 Å². The number of carbonyl (C=O) groups is 3. The van der Waals surface area contributed by atoms with Crippen molar-refractivity contribution in [2.24, 2.45) is 5.41 Å². The van der Waals surface area contributed by atoms with E-state index in [4.69, 9.17) is 19.2 Å². The van der Waals surface area contributed by atoms with Crippen molar-refractivity contribution >= 4 is 49.7 Å². The Hall–Kier alpha value is -3.46. The first kappa shape index (κ1) is 33.1. The zero-order valence-electron chi connectivity index (χ0n) is 27.2. The van der Waals surface area contributed by atoms with Crippen molar-refractivity contribution in [2.75, 3.05) is 13.2 Å². The van der Waals surface area contributed by atoms with Gasteiger partial charge in [0.15, 0.2) is 5.60 Å². The largest absolute Gasteiger partial charge is 0.458 e.